The van der Waals surface area contributed by atoms with Gasteiger partial charge in [0.05, 0.1) is 0 Å². The number of hydrogen-bond acceptors (Lipinski definition) is 2. The van der Waals surface area contributed by atoms with E-state index >= 15 is 0 Å². The third-order valence-electron chi connectivity index (χ3n) is 2.97. The maximum absolute atomic E-state index is 12.8. The highest BCUT2D eigenvalue weighted by Crippen LogP contribution is 2.08. The predicted octanol–water partition coefficient (Wildman–Crippen LogP) is 3.28. The Morgan fingerprint density at radius 1 is 1.21 bits per heavy atom. The van der Waals surface area contributed by atoms with E-state index in [0.717, 1.165) is 25.2 Å². The van der Waals surface area contributed by atoms with Gasteiger partial charge in [0.15, 0.2) is 0 Å². The van der Waals surface area contributed by atoms with Crippen LogP contribution >= 0.6 is 0 Å². The average molecular weight is 266 g/mol. The molecular formula is C16H27FN2. The van der Waals surface area contributed by atoms with E-state index in [1.165, 1.54) is 12.1 Å². The second kappa shape index (κ2) is 7.01. The van der Waals surface area contributed by atoms with Crippen molar-refractivity contribution in [1.82, 2.24) is 10.2 Å². The molecule has 1 aromatic rings. The zero-order valence-electron chi connectivity index (χ0n) is 12.8. The van der Waals surface area contributed by atoms with Crippen LogP contribution in [-0.2, 0) is 6.54 Å². The van der Waals surface area contributed by atoms with E-state index in [-0.39, 0.29) is 11.4 Å². The van der Waals surface area contributed by atoms with Gasteiger partial charge in [-0.25, -0.2) is 4.39 Å². The van der Waals surface area contributed by atoms with Gasteiger partial charge in [-0.05, 0) is 58.0 Å². The lowest BCUT2D eigenvalue weighted by molar-refractivity contribution is 0.261. The van der Waals surface area contributed by atoms with Crippen LogP contribution in [0.3, 0.4) is 0 Å². The van der Waals surface area contributed by atoms with Crippen molar-refractivity contribution in [2.75, 3.05) is 20.1 Å². The largest absolute Gasteiger partial charge is 0.312 e. The molecule has 0 radical (unpaired) electrons. The zero-order chi connectivity index (χ0) is 14.5. The highest BCUT2D eigenvalue weighted by molar-refractivity contribution is 5.15. The van der Waals surface area contributed by atoms with E-state index in [9.17, 15) is 4.39 Å². The molecule has 1 rings (SSSR count). The lowest BCUT2D eigenvalue weighted by Gasteiger charge is -2.26. The minimum absolute atomic E-state index is 0.170. The second-order valence-corrected chi connectivity index (χ2v) is 6.56. The maximum Gasteiger partial charge on any atom is 0.123 e. The Morgan fingerprint density at radius 3 is 2.32 bits per heavy atom. The summed E-state index contributed by atoms with van der Waals surface area (Å²) in [5, 5.41) is 3.52. The molecule has 108 valence electrons. The van der Waals surface area contributed by atoms with E-state index < -0.39 is 0 Å². The first kappa shape index (κ1) is 16.1. The first-order valence-corrected chi connectivity index (χ1v) is 6.94. The molecule has 1 N–H and O–H groups in total. The third kappa shape index (κ3) is 7.28. The quantitative estimate of drug-likeness (QED) is 0.850. The van der Waals surface area contributed by atoms with E-state index in [1.807, 2.05) is 12.1 Å². The zero-order valence-corrected chi connectivity index (χ0v) is 12.8. The van der Waals surface area contributed by atoms with Crippen LogP contribution in [-0.4, -0.2) is 30.6 Å². The number of halogens is 1. The number of nitrogens with zero attached hydrogens (tertiary/aromatic N) is 1. The maximum atomic E-state index is 12.8. The van der Waals surface area contributed by atoms with Crippen LogP contribution in [0.1, 0.15) is 33.3 Å². The highest BCUT2D eigenvalue weighted by atomic mass is 19.1. The van der Waals surface area contributed by atoms with Crippen LogP contribution in [0.25, 0.3) is 0 Å². The summed E-state index contributed by atoms with van der Waals surface area (Å²) < 4.78 is 12.8. The first-order chi connectivity index (χ1) is 8.76. The molecule has 0 aromatic heterocycles. The molecule has 0 aliphatic rings. The van der Waals surface area contributed by atoms with Crippen LogP contribution in [0.2, 0.25) is 0 Å². The van der Waals surface area contributed by atoms with Crippen molar-refractivity contribution in [2.45, 2.75) is 39.8 Å². The van der Waals surface area contributed by atoms with E-state index in [1.54, 1.807) is 0 Å². The van der Waals surface area contributed by atoms with Gasteiger partial charge in [0.2, 0.25) is 0 Å². The molecular weight excluding hydrogens is 239 g/mol. The molecule has 0 aliphatic heterocycles. The molecule has 0 spiro atoms. The third-order valence-corrected chi connectivity index (χ3v) is 2.97. The molecule has 0 saturated heterocycles. The first-order valence-electron chi connectivity index (χ1n) is 6.94. The van der Waals surface area contributed by atoms with Gasteiger partial charge >= 0.3 is 0 Å². The van der Waals surface area contributed by atoms with Crippen molar-refractivity contribution in [3.05, 3.63) is 35.6 Å². The predicted molar refractivity (Wildman–Crippen MR) is 79.7 cm³/mol. The SMILES string of the molecule is CC(CNC(C)(C)C)CN(C)Cc1ccc(F)cc1. The fourth-order valence-corrected chi connectivity index (χ4v) is 2.04. The fourth-order valence-electron chi connectivity index (χ4n) is 2.04. The summed E-state index contributed by atoms with van der Waals surface area (Å²) >= 11 is 0. The molecule has 1 aromatic carbocycles. The molecule has 0 saturated carbocycles. The van der Waals surface area contributed by atoms with Gasteiger partial charge in [-0.3, -0.25) is 0 Å². The van der Waals surface area contributed by atoms with Gasteiger partial charge < -0.3 is 10.2 Å². The van der Waals surface area contributed by atoms with Crippen molar-refractivity contribution in [3.63, 3.8) is 0 Å². The van der Waals surface area contributed by atoms with Gasteiger partial charge in [-0.2, -0.15) is 0 Å². The average Bonchev–Trinajstić information content (AvgIpc) is 2.29. The summed E-state index contributed by atoms with van der Waals surface area (Å²) in [5.41, 5.74) is 1.32. The second-order valence-electron chi connectivity index (χ2n) is 6.56. The summed E-state index contributed by atoms with van der Waals surface area (Å²) in [4.78, 5) is 2.28. The van der Waals surface area contributed by atoms with Crippen LogP contribution in [0.4, 0.5) is 4.39 Å². The van der Waals surface area contributed by atoms with Crippen molar-refractivity contribution in [3.8, 4) is 0 Å². The fraction of sp³-hybridized carbons (Fsp3) is 0.625. The van der Waals surface area contributed by atoms with Gasteiger partial charge in [0.1, 0.15) is 5.82 Å². The summed E-state index contributed by atoms with van der Waals surface area (Å²) in [7, 11) is 2.11. The summed E-state index contributed by atoms with van der Waals surface area (Å²) in [5.74, 6) is 0.416. The highest BCUT2D eigenvalue weighted by Gasteiger charge is 2.12. The molecule has 0 aliphatic carbocycles. The molecule has 2 nitrogen and oxygen atoms in total. The molecule has 0 heterocycles. The Hall–Kier alpha value is -0.930. The Bertz CT molecular complexity index is 367. The Morgan fingerprint density at radius 2 is 1.79 bits per heavy atom. The minimum atomic E-state index is -0.172. The van der Waals surface area contributed by atoms with Crippen molar-refractivity contribution in [2.24, 2.45) is 5.92 Å². The molecule has 19 heavy (non-hydrogen) atoms. The molecule has 0 fully saturated rings. The van der Waals surface area contributed by atoms with E-state index in [2.05, 4.69) is 45.0 Å². The topological polar surface area (TPSA) is 15.3 Å². The molecule has 1 unspecified atom stereocenters. The Kier molecular flexibility index (Phi) is 5.95. The Balaban J connectivity index is 2.34. The van der Waals surface area contributed by atoms with E-state index in [4.69, 9.17) is 0 Å². The number of nitrogens with one attached hydrogen (secondary N) is 1. The summed E-state index contributed by atoms with van der Waals surface area (Å²) in [6.45, 7) is 11.7. The van der Waals surface area contributed by atoms with Crippen molar-refractivity contribution < 1.29 is 4.39 Å². The van der Waals surface area contributed by atoms with Crippen LogP contribution in [0.15, 0.2) is 24.3 Å². The summed E-state index contributed by atoms with van der Waals surface area (Å²) in [6, 6.07) is 6.75. The van der Waals surface area contributed by atoms with Gasteiger partial charge in [-0.1, -0.05) is 19.1 Å². The number of benzene rings is 1. The molecule has 3 heteroatoms. The standard InChI is InChI=1S/C16H27FN2/c1-13(10-18-16(2,3)4)11-19(5)12-14-6-8-15(17)9-7-14/h6-9,13,18H,10-12H2,1-5H3. The monoisotopic (exact) mass is 266 g/mol. The minimum Gasteiger partial charge on any atom is -0.312 e. The van der Waals surface area contributed by atoms with Gasteiger partial charge in [0.25, 0.3) is 0 Å². The molecule has 0 amide bonds. The summed E-state index contributed by atoms with van der Waals surface area (Å²) in [6.07, 6.45) is 0. The van der Waals surface area contributed by atoms with Gasteiger partial charge in [0, 0.05) is 18.6 Å². The molecule has 0 bridgehead atoms. The van der Waals surface area contributed by atoms with E-state index in [0.29, 0.717) is 5.92 Å². The number of hydrogen-bond donors (Lipinski definition) is 1. The van der Waals surface area contributed by atoms with Gasteiger partial charge in [-0.15, -0.1) is 0 Å². The number of rotatable bonds is 6. The normalized spacial score (nSPS) is 13.8. The van der Waals surface area contributed by atoms with Crippen molar-refractivity contribution >= 4 is 0 Å². The Labute approximate surface area is 117 Å². The lowest BCUT2D eigenvalue weighted by Crippen LogP contribution is -2.40. The lowest BCUT2D eigenvalue weighted by atomic mass is 10.1. The molecule has 1 atom stereocenters. The van der Waals surface area contributed by atoms with Crippen LogP contribution in [0, 0.1) is 11.7 Å². The van der Waals surface area contributed by atoms with Crippen molar-refractivity contribution in [1.29, 1.82) is 0 Å². The van der Waals surface area contributed by atoms with Crippen LogP contribution in [0.5, 0.6) is 0 Å². The van der Waals surface area contributed by atoms with Crippen LogP contribution < -0.4 is 5.32 Å². The smallest absolute Gasteiger partial charge is 0.123 e.